The van der Waals surface area contributed by atoms with E-state index in [4.69, 9.17) is 5.73 Å². The van der Waals surface area contributed by atoms with E-state index in [0.29, 0.717) is 17.9 Å². The summed E-state index contributed by atoms with van der Waals surface area (Å²) in [7, 11) is 0. The van der Waals surface area contributed by atoms with Crippen molar-refractivity contribution in [2.45, 2.75) is 25.4 Å². The molecule has 0 aliphatic carbocycles. The van der Waals surface area contributed by atoms with Gasteiger partial charge in [-0.1, -0.05) is 0 Å². The van der Waals surface area contributed by atoms with Crippen molar-refractivity contribution in [3.8, 4) is 17.1 Å². The smallest absolute Gasteiger partial charge is 0.356 e. The predicted octanol–water partition coefficient (Wildman–Crippen LogP) is 1.75. The standard InChI is InChI=1S/C14H15N3O3/c15-11-3-1-2-10-12(14(19)20)16-13(17(10)11)8-4-6-9(18)7-5-8/h4-7,11,18H,1-3,15H2,(H,19,20). The molecule has 0 bridgehead atoms. The highest BCUT2D eigenvalue weighted by Gasteiger charge is 2.28. The number of carboxylic acids is 1. The minimum atomic E-state index is -1.03. The van der Waals surface area contributed by atoms with Crippen LogP contribution in [-0.4, -0.2) is 25.7 Å². The Balaban J connectivity index is 2.20. The Bertz CT molecular complexity index is 661. The average molecular weight is 273 g/mol. The third-order valence-electron chi connectivity index (χ3n) is 3.58. The molecule has 4 N–H and O–H groups in total. The second-order valence-electron chi connectivity index (χ2n) is 4.91. The lowest BCUT2D eigenvalue weighted by atomic mass is 10.1. The number of hydrogen-bond acceptors (Lipinski definition) is 4. The van der Waals surface area contributed by atoms with Crippen LogP contribution in [-0.2, 0) is 6.42 Å². The summed E-state index contributed by atoms with van der Waals surface area (Å²) in [4.78, 5) is 15.6. The molecule has 104 valence electrons. The Morgan fingerprint density at radius 3 is 2.70 bits per heavy atom. The number of rotatable bonds is 2. The van der Waals surface area contributed by atoms with Crippen LogP contribution in [0.4, 0.5) is 0 Å². The molecule has 6 nitrogen and oxygen atoms in total. The van der Waals surface area contributed by atoms with Gasteiger partial charge in [-0.3, -0.25) is 0 Å². The van der Waals surface area contributed by atoms with Gasteiger partial charge in [0.15, 0.2) is 5.69 Å². The Labute approximate surface area is 115 Å². The lowest BCUT2D eigenvalue weighted by Gasteiger charge is -2.24. The molecule has 3 rings (SSSR count). The number of hydrogen-bond donors (Lipinski definition) is 3. The van der Waals surface area contributed by atoms with Gasteiger partial charge in [0.2, 0.25) is 0 Å². The summed E-state index contributed by atoms with van der Waals surface area (Å²) < 4.78 is 1.80. The number of benzene rings is 1. The Kier molecular flexibility index (Phi) is 2.94. The van der Waals surface area contributed by atoms with Crippen LogP contribution in [0, 0.1) is 0 Å². The molecule has 0 spiro atoms. The largest absolute Gasteiger partial charge is 0.508 e. The Morgan fingerprint density at radius 1 is 1.35 bits per heavy atom. The number of carboxylic acid groups (broad SMARTS) is 1. The number of carbonyl (C=O) groups is 1. The molecule has 0 saturated heterocycles. The first-order valence-corrected chi connectivity index (χ1v) is 6.47. The summed E-state index contributed by atoms with van der Waals surface area (Å²) in [5.41, 5.74) is 7.61. The van der Waals surface area contributed by atoms with Crippen LogP contribution >= 0.6 is 0 Å². The fourth-order valence-electron chi connectivity index (χ4n) is 2.66. The highest BCUT2D eigenvalue weighted by molar-refractivity contribution is 5.88. The van der Waals surface area contributed by atoms with E-state index in [1.165, 1.54) is 0 Å². The zero-order valence-electron chi connectivity index (χ0n) is 10.8. The van der Waals surface area contributed by atoms with E-state index in [2.05, 4.69) is 4.98 Å². The Hall–Kier alpha value is -2.34. The van der Waals surface area contributed by atoms with Gasteiger partial charge in [-0.15, -0.1) is 0 Å². The normalized spacial score (nSPS) is 17.8. The number of phenols is 1. The van der Waals surface area contributed by atoms with E-state index < -0.39 is 5.97 Å². The first-order valence-electron chi connectivity index (χ1n) is 6.47. The maximum absolute atomic E-state index is 11.3. The van der Waals surface area contributed by atoms with Crippen molar-refractivity contribution in [3.05, 3.63) is 35.7 Å². The number of fused-ring (bicyclic) bond motifs is 1. The lowest BCUT2D eigenvalue weighted by molar-refractivity contribution is 0.0689. The van der Waals surface area contributed by atoms with Crippen LogP contribution < -0.4 is 5.73 Å². The zero-order valence-corrected chi connectivity index (χ0v) is 10.8. The second kappa shape index (κ2) is 4.64. The highest BCUT2D eigenvalue weighted by atomic mass is 16.4. The summed E-state index contributed by atoms with van der Waals surface area (Å²) in [6.45, 7) is 0. The van der Waals surface area contributed by atoms with Gasteiger partial charge in [0.1, 0.15) is 11.6 Å². The van der Waals surface area contributed by atoms with Gasteiger partial charge in [0.05, 0.1) is 11.9 Å². The fourth-order valence-corrected chi connectivity index (χ4v) is 2.66. The topological polar surface area (TPSA) is 101 Å². The van der Waals surface area contributed by atoms with E-state index in [0.717, 1.165) is 18.4 Å². The van der Waals surface area contributed by atoms with Crippen LogP contribution in [0.5, 0.6) is 5.75 Å². The van der Waals surface area contributed by atoms with Crippen molar-refractivity contribution in [1.82, 2.24) is 9.55 Å². The van der Waals surface area contributed by atoms with Crippen molar-refractivity contribution >= 4 is 5.97 Å². The van der Waals surface area contributed by atoms with Crippen molar-refractivity contribution in [2.24, 2.45) is 5.73 Å². The average Bonchev–Trinajstić information content (AvgIpc) is 2.81. The number of phenolic OH excluding ortho intramolecular Hbond substituents is 1. The molecule has 2 aromatic rings. The monoisotopic (exact) mass is 273 g/mol. The summed E-state index contributed by atoms with van der Waals surface area (Å²) in [6, 6.07) is 6.51. The summed E-state index contributed by atoms with van der Waals surface area (Å²) in [5.74, 6) is -0.334. The maximum atomic E-state index is 11.3. The zero-order chi connectivity index (χ0) is 14.3. The highest BCUT2D eigenvalue weighted by Crippen LogP contribution is 2.31. The molecule has 1 aromatic carbocycles. The van der Waals surface area contributed by atoms with Gasteiger partial charge in [0, 0.05) is 5.56 Å². The van der Waals surface area contributed by atoms with Gasteiger partial charge in [-0.05, 0) is 43.5 Å². The first kappa shape index (κ1) is 12.7. The van der Waals surface area contributed by atoms with E-state index >= 15 is 0 Å². The fraction of sp³-hybridized carbons (Fsp3) is 0.286. The number of aromatic hydroxyl groups is 1. The maximum Gasteiger partial charge on any atom is 0.356 e. The van der Waals surface area contributed by atoms with Crippen LogP contribution in [0.3, 0.4) is 0 Å². The van der Waals surface area contributed by atoms with Crippen LogP contribution in [0.25, 0.3) is 11.4 Å². The van der Waals surface area contributed by atoms with Gasteiger partial charge in [-0.2, -0.15) is 0 Å². The molecule has 0 fully saturated rings. The first-order chi connectivity index (χ1) is 9.58. The van der Waals surface area contributed by atoms with Crippen molar-refractivity contribution < 1.29 is 15.0 Å². The minimum Gasteiger partial charge on any atom is -0.508 e. The number of imidazole rings is 1. The molecule has 1 atom stereocenters. The second-order valence-corrected chi connectivity index (χ2v) is 4.91. The molecule has 1 aliphatic rings. The van der Waals surface area contributed by atoms with Gasteiger partial charge in [0.25, 0.3) is 0 Å². The number of aromatic nitrogens is 2. The molecule has 1 aromatic heterocycles. The predicted molar refractivity (Wildman–Crippen MR) is 72.4 cm³/mol. The summed E-state index contributed by atoms with van der Waals surface area (Å²) in [6.07, 6.45) is 2.07. The molecule has 2 heterocycles. The van der Waals surface area contributed by atoms with Crippen molar-refractivity contribution in [1.29, 1.82) is 0 Å². The molecular weight excluding hydrogens is 258 g/mol. The number of nitrogens with two attached hydrogens (primary N) is 1. The molecule has 1 unspecified atom stereocenters. The van der Waals surface area contributed by atoms with Crippen molar-refractivity contribution in [3.63, 3.8) is 0 Å². The van der Waals surface area contributed by atoms with Crippen LogP contribution in [0.2, 0.25) is 0 Å². The van der Waals surface area contributed by atoms with Crippen LogP contribution in [0.15, 0.2) is 24.3 Å². The molecule has 0 saturated carbocycles. The Morgan fingerprint density at radius 2 is 2.05 bits per heavy atom. The lowest BCUT2D eigenvalue weighted by Crippen LogP contribution is -2.26. The molecule has 1 aliphatic heterocycles. The molecule has 20 heavy (non-hydrogen) atoms. The van der Waals surface area contributed by atoms with E-state index in [1.807, 2.05) is 0 Å². The molecule has 6 heteroatoms. The van der Waals surface area contributed by atoms with E-state index in [9.17, 15) is 15.0 Å². The third kappa shape index (κ3) is 1.94. The van der Waals surface area contributed by atoms with Crippen molar-refractivity contribution in [2.75, 3.05) is 0 Å². The van der Waals surface area contributed by atoms with Gasteiger partial charge < -0.3 is 20.5 Å². The third-order valence-corrected chi connectivity index (χ3v) is 3.58. The minimum absolute atomic E-state index is 0.0724. The number of aromatic carboxylic acids is 1. The van der Waals surface area contributed by atoms with Gasteiger partial charge in [-0.25, -0.2) is 9.78 Å². The number of nitrogens with zero attached hydrogens (tertiary/aromatic N) is 2. The molecular formula is C14H15N3O3. The van der Waals surface area contributed by atoms with E-state index in [1.54, 1.807) is 28.8 Å². The SMILES string of the molecule is NC1CCCc2c(C(=O)O)nc(-c3ccc(O)cc3)n21. The van der Waals surface area contributed by atoms with Crippen LogP contribution in [0.1, 0.15) is 35.2 Å². The summed E-state index contributed by atoms with van der Waals surface area (Å²) >= 11 is 0. The molecule has 0 amide bonds. The van der Waals surface area contributed by atoms with Gasteiger partial charge >= 0.3 is 5.97 Å². The molecule has 0 radical (unpaired) electrons. The quantitative estimate of drug-likeness (QED) is 0.773. The van der Waals surface area contributed by atoms with E-state index in [-0.39, 0.29) is 17.6 Å². The summed E-state index contributed by atoms with van der Waals surface area (Å²) in [5, 5.41) is 18.6.